The van der Waals surface area contributed by atoms with Gasteiger partial charge in [0, 0.05) is 0 Å². The quantitative estimate of drug-likeness (QED) is 0.227. The zero-order chi connectivity index (χ0) is 18.7. The third-order valence-corrected chi connectivity index (χ3v) is 3.84. The van der Waals surface area contributed by atoms with Gasteiger partial charge in [-0.05, 0) is 0 Å². The first kappa shape index (κ1) is 21.6. The molecule has 0 aliphatic carbocycles. The highest BCUT2D eigenvalue weighted by molar-refractivity contribution is 4.94. The Bertz CT molecular complexity index is 392. The van der Waals surface area contributed by atoms with Gasteiger partial charge in [0.2, 0.25) is 11.6 Å². The van der Waals surface area contributed by atoms with Crippen molar-refractivity contribution in [2.75, 3.05) is 26.4 Å². The fraction of sp³-hybridized carbons (Fsp3) is 1.00. The standard InChI is InChI=1S/2C6H12O6/c7-2-6(11)5(10)4(9)3(8)1-12-6;7-1-3-4(9)5(10)6(11,2-8)12-3/h2*3-5,7-11H,1-2H2. The van der Waals surface area contributed by atoms with E-state index in [-0.39, 0.29) is 6.61 Å². The van der Waals surface area contributed by atoms with Crippen molar-refractivity contribution >= 4 is 0 Å². The number of aliphatic hydroxyl groups excluding tert-OH is 8. The van der Waals surface area contributed by atoms with E-state index in [0.29, 0.717) is 0 Å². The highest BCUT2D eigenvalue weighted by Gasteiger charge is 2.52. The molecule has 0 aromatic heterocycles. The van der Waals surface area contributed by atoms with E-state index >= 15 is 0 Å². The molecular formula is C12H24O12. The monoisotopic (exact) mass is 360 g/mol. The number of ether oxygens (including phenoxy) is 2. The van der Waals surface area contributed by atoms with Crippen molar-refractivity contribution in [3.63, 3.8) is 0 Å². The minimum atomic E-state index is -2.17. The highest BCUT2D eigenvalue weighted by Crippen LogP contribution is 2.28. The van der Waals surface area contributed by atoms with Gasteiger partial charge in [-0.15, -0.1) is 0 Å². The van der Waals surface area contributed by atoms with Gasteiger partial charge in [0.25, 0.3) is 0 Å². The molecule has 144 valence electrons. The van der Waals surface area contributed by atoms with E-state index in [2.05, 4.69) is 9.47 Å². The van der Waals surface area contributed by atoms with Crippen LogP contribution in [0.2, 0.25) is 0 Å². The topological polar surface area (TPSA) is 221 Å². The maximum atomic E-state index is 9.25. The van der Waals surface area contributed by atoms with Crippen molar-refractivity contribution in [2.24, 2.45) is 0 Å². The SMILES string of the molecule is OCC1(O)OCC(O)C(O)C1O.OCC1OC(O)(CO)C(O)C1O. The predicted octanol–water partition coefficient (Wildman–Crippen LogP) is -6.44. The van der Waals surface area contributed by atoms with E-state index in [1.807, 2.05) is 0 Å². The Hall–Kier alpha value is -0.480. The first-order chi connectivity index (χ1) is 11.1. The fourth-order valence-electron chi connectivity index (χ4n) is 2.18. The first-order valence-electron chi connectivity index (χ1n) is 7.05. The van der Waals surface area contributed by atoms with Gasteiger partial charge in [0.1, 0.15) is 36.6 Å². The van der Waals surface area contributed by atoms with Gasteiger partial charge >= 0.3 is 0 Å². The summed E-state index contributed by atoms with van der Waals surface area (Å²) in [6, 6.07) is 0. The Kier molecular flexibility index (Phi) is 7.43. The zero-order valence-corrected chi connectivity index (χ0v) is 12.6. The molecule has 2 aliphatic rings. The van der Waals surface area contributed by atoms with E-state index in [0.717, 1.165) is 0 Å². The fourth-order valence-corrected chi connectivity index (χ4v) is 2.18. The second kappa shape index (κ2) is 8.27. The van der Waals surface area contributed by atoms with Gasteiger partial charge in [-0.3, -0.25) is 0 Å². The van der Waals surface area contributed by atoms with Crippen LogP contribution in [0, 0.1) is 0 Å². The van der Waals surface area contributed by atoms with Crippen LogP contribution in [0.15, 0.2) is 0 Å². The highest BCUT2D eigenvalue weighted by atomic mass is 16.7. The van der Waals surface area contributed by atoms with E-state index in [1.54, 1.807) is 0 Å². The summed E-state index contributed by atoms with van der Waals surface area (Å²) in [5, 5.41) is 89.7. The molecule has 2 heterocycles. The molecule has 2 rings (SSSR count). The maximum absolute atomic E-state index is 9.25. The third-order valence-electron chi connectivity index (χ3n) is 3.84. The molecule has 2 fully saturated rings. The summed E-state index contributed by atoms with van der Waals surface area (Å²) >= 11 is 0. The Morgan fingerprint density at radius 2 is 1.29 bits per heavy atom. The van der Waals surface area contributed by atoms with Crippen molar-refractivity contribution in [1.82, 2.24) is 0 Å². The lowest BCUT2D eigenvalue weighted by Gasteiger charge is -2.40. The molecule has 24 heavy (non-hydrogen) atoms. The molecule has 0 saturated carbocycles. The van der Waals surface area contributed by atoms with E-state index in [1.165, 1.54) is 0 Å². The molecule has 0 bridgehead atoms. The van der Waals surface area contributed by atoms with Gasteiger partial charge in [0.05, 0.1) is 26.4 Å². The molecule has 8 unspecified atom stereocenters. The predicted molar refractivity (Wildman–Crippen MR) is 72.0 cm³/mol. The van der Waals surface area contributed by atoms with E-state index in [9.17, 15) is 10.2 Å². The Morgan fingerprint density at radius 3 is 1.67 bits per heavy atom. The molecule has 12 nitrogen and oxygen atoms in total. The molecule has 0 amide bonds. The molecule has 0 aromatic carbocycles. The smallest absolute Gasteiger partial charge is 0.219 e. The van der Waals surface area contributed by atoms with Crippen molar-refractivity contribution in [1.29, 1.82) is 0 Å². The van der Waals surface area contributed by atoms with Crippen LogP contribution in [-0.2, 0) is 9.47 Å². The maximum Gasteiger partial charge on any atom is 0.219 e. The molecule has 0 radical (unpaired) electrons. The summed E-state index contributed by atoms with van der Waals surface area (Å²) in [4.78, 5) is 0. The summed E-state index contributed by atoms with van der Waals surface area (Å²) in [6.07, 6.45) is -8.49. The van der Waals surface area contributed by atoms with Crippen molar-refractivity contribution in [2.45, 2.75) is 48.2 Å². The summed E-state index contributed by atoms with van der Waals surface area (Å²) < 4.78 is 9.18. The summed E-state index contributed by atoms with van der Waals surface area (Å²) in [6.45, 7) is -2.52. The minimum absolute atomic E-state index is 0.324. The van der Waals surface area contributed by atoms with Crippen LogP contribution in [0.4, 0.5) is 0 Å². The molecule has 8 atom stereocenters. The molecule has 0 spiro atoms. The Labute approximate surface area is 136 Å². The number of hydrogen-bond acceptors (Lipinski definition) is 12. The van der Waals surface area contributed by atoms with Crippen molar-refractivity contribution in [3.8, 4) is 0 Å². The molecular weight excluding hydrogens is 336 g/mol. The Morgan fingerprint density at radius 1 is 0.792 bits per heavy atom. The summed E-state index contributed by atoms with van der Waals surface area (Å²) in [5.74, 6) is -4.33. The average molecular weight is 360 g/mol. The van der Waals surface area contributed by atoms with Gasteiger partial charge in [-0.1, -0.05) is 0 Å². The van der Waals surface area contributed by atoms with E-state index < -0.39 is 68.0 Å². The summed E-state index contributed by atoms with van der Waals surface area (Å²) in [5.41, 5.74) is 0. The van der Waals surface area contributed by atoms with Crippen LogP contribution < -0.4 is 0 Å². The van der Waals surface area contributed by atoms with Crippen LogP contribution >= 0.6 is 0 Å². The number of rotatable bonds is 3. The Balaban J connectivity index is 0.000000240. The average Bonchev–Trinajstić information content (AvgIpc) is 2.81. The third kappa shape index (κ3) is 4.19. The molecule has 12 heteroatoms. The van der Waals surface area contributed by atoms with Crippen molar-refractivity contribution in [3.05, 3.63) is 0 Å². The zero-order valence-electron chi connectivity index (χ0n) is 12.6. The first-order valence-corrected chi connectivity index (χ1v) is 7.05. The lowest BCUT2D eigenvalue weighted by atomic mass is 9.98. The second-order valence-electron chi connectivity index (χ2n) is 5.59. The van der Waals surface area contributed by atoms with Gasteiger partial charge < -0.3 is 60.5 Å². The molecule has 2 saturated heterocycles. The number of aliphatic hydroxyl groups is 10. The summed E-state index contributed by atoms with van der Waals surface area (Å²) in [7, 11) is 0. The van der Waals surface area contributed by atoms with Crippen LogP contribution in [0.25, 0.3) is 0 Å². The van der Waals surface area contributed by atoms with Crippen LogP contribution in [0.5, 0.6) is 0 Å². The van der Waals surface area contributed by atoms with Crippen LogP contribution in [0.3, 0.4) is 0 Å². The van der Waals surface area contributed by atoms with Crippen LogP contribution in [-0.4, -0.2) is 126 Å². The lowest BCUT2D eigenvalue weighted by Crippen LogP contribution is -2.62. The molecule has 10 N–H and O–H groups in total. The molecule has 0 aromatic rings. The molecule has 2 aliphatic heterocycles. The normalized spacial score (nSPS) is 48.8. The van der Waals surface area contributed by atoms with Gasteiger partial charge in [-0.25, -0.2) is 0 Å². The van der Waals surface area contributed by atoms with Gasteiger partial charge in [0.15, 0.2) is 0 Å². The van der Waals surface area contributed by atoms with E-state index in [4.69, 9.17) is 40.9 Å². The minimum Gasteiger partial charge on any atom is -0.394 e. The second-order valence-corrected chi connectivity index (χ2v) is 5.59. The van der Waals surface area contributed by atoms with Crippen molar-refractivity contribution < 1.29 is 60.5 Å². The van der Waals surface area contributed by atoms with Crippen LogP contribution in [0.1, 0.15) is 0 Å². The van der Waals surface area contributed by atoms with Gasteiger partial charge in [-0.2, -0.15) is 0 Å². The lowest BCUT2D eigenvalue weighted by molar-refractivity contribution is -0.331. The number of hydrogen-bond donors (Lipinski definition) is 10. The largest absolute Gasteiger partial charge is 0.394 e.